The van der Waals surface area contributed by atoms with Gasteiger partial charge >= 0.3 is 6.18 Å². The highest BCUT2D eigenvalue weighted by atomic mass is 32.2. The molecule has 0 saturated heterocycles. The van der Waals surface area contributed by atoms with E-state index in [1.807, 2.05) is 0 Å². The van der Waals surface area contributed by atoms with Gasteiger partial charge < -0.3 is 4.74 Å². The molecule has 2 atom stereocenters. The number of sulfone groups is 1. The lowest BCUT2D eigenvalue weighted by atomic mass is 9.96. The van der Waals surface area contributed by atoms with Crippen LogP contribution in [0.15, 0.2) is 35.5 Å². The van der Waals surface area contributed by atoms with Crippen molar-refractivity contribution in [1.29, 1.82) is 0 Å². The Morgan fingerprint density at radius 2 is 1.86 bits per heavy atom. The first-order valence-corrected chi connectivity index (χ1v) is 11.3. The molecule has 9 heteroatoms. The minimum Gasteiger partial charge on any atom is -0.375 e. The van der Waals surface area contributed by atoms with Crippen LogP contribution in [0.4, 0.5) is 13.2 Å². The van der Waals surface area contributed by atoms with Gasteiger partial charge in [-0.15, -0.1) is 0 Å². The number of nitrogens with zero attached hydrogens (tertiary/aromatic N) is 2. The highest BCUT2D eigenvalue weighted by molar-refractivity contribution is 7.92. The molecular weight excluding hydrogens is 405 g/mol. The molecule has 0 radical (unpaired) electrons. The summed E-state index contributed by atoms with van der Waals surface area (Å²) in [4.78, 5) is -0.646. The smallest absolute Gasteiger partial charge is 0.375 e. The second kappa shape index (κ2) is 7.43. The van der Waals surface area contributed by atoms with Gasteiger partial charge in [0.05, 0.1) is 34.1 Å². The molecule has 4 rings (SSSR count). The molecule has 0 N–H and O–H groups in total. The van der Waals surface area contributed by atoms with E-state index in [-0.39, 0.29) is 24.2 Å². The summed E-state index contributed by atoms with van der Waals surface area (Å²) in [5.74, 6) is 0. The molecule has 5 nitrogen and oxygen atoms in total. The zero-order chi connectivity index (χ0) is 20.8. The molecule has 2 aliphatic rings. The van der Waals surface area contributed by atoms with Crippen LogP contribution in [0.2, 0.25) is 0 Å². The maximum Gasteiger partial charge on any atom is 0.417 e. The van der Waals surface area contributed by atoms with E-state index in [0.29, 0.717) is 18.4 Å². The second-order valence-corrected chi connectivity index (χ2v) is 10.1. The Morgan fingerprint density at radius 3 is 2.45 bits per heavy atom. The van der Waals surface area contributed by atoms with Crippen molar-refractivity contribution in [2.45, 2.75) is 67.1 Å². The van der Waals surface area contributed by atoms with Gasteiger partial charge in [0.2, 0.25) is 0 Å². The van der Waals surface area contributed by atoms with Crippen LogP contribution < -0.4 is 0 Å². The first-order valence-electron chi connectivity index (χ1n) is 9.74. The van der Waals surface area contributed by atoms with Gasteiger partial charge in [-0.3, -0.25) is 4.68 Å². The topological polar surface area (TPSA) is 61.2 Å². The molecule has 0 spiro atoms. The first kappa shape index (κ1) is 20.4. The Hall–Kier alpha value is -1.87. The van der Waals surface area contributed by atoms with E-state index in [1.165, 1.54) is 16.9 Å². The van der Waals surface area contributed by atoms with Crippen molar-refractivity contribution in [2.75, 3.05) is 0 Å². The summed E-state index contributed by atoms with van der Waals surface area (Å²) in [6, 6.07) is 3.40. The summed E-state index contributed by atoms with van der Waals surface area (Å²) >= 11 is 0. The van der Waals surface area contributed by atoms with E-state index in [9.17, 15) is 21.6 Å². The third-order valence-corrected chi connectivity index (χ3v) is 8.12. The number of ether oxygens (including phenoxy) is 1. The number of halogens is 3. The monoisotopic (exact) mass is 428 g/mol. The number of aromatic nitrogens is 2. The van der Waals surface area contributed by atoms with E-state index in [2.05, 4.69) is 5.10 Å². The van der Waals surface area contributed by atoms with Crippen molar-refractivity contribution >= 4 is 9.84 Å². The summed E-state index contributed by atoms with van der Waals surface area (Å²) in [5.41, 5.74) is -0.346. The Kier molecular flexibility index (Phi) is 5.23. The molecule has 0 unspecified atom stereocenters. The zero-order valence-corrected chi connectivity index (χ0v) is 16.8. The molecular formula is C20H23F3N2O3S. The van der Waals surface area contributed by atoms with Crippen LogP contribution in [-0.2, 0) is 27.8 Å². The highest BCUT2D eigenvalue weighted by Gasteiger charge is 2.43. The molecule has 1 aromatic carbocycles. The maximum absolute atomic E-state index is 13.8. The summed E-state index contributed by atoms with van der Waals surface area (Å²) < 4.78 is 74.8. The Labute approximate surface area is 167 Å². The first-order chi connectivity index (χ1) is 13.6. The van der Waals surface area contributed by atoms with Crippen LogP contribution in [-0.4, -0.2) is 35.7 Å². The minimum absolute atomic E-state index is 0.172. The van der Waals surface area contributed by atoms with Crippen molar-refractivity contribution < 1.29 is 26.3 Å². The van der Waals surface area contributed by atoms with Crippen molar-refractivity contribution in [3.05, 3.63) is 36.2 Å². The minimum atomic E-state index is -4.78. The van der Waals surface area contributed by atoms with Gasteiger partial charge in [-0.2, -0.15) is 18.3 Å². The molecule has 0 bridgehead atoms. The van der Waals surface area contributed by atoms with Gasteiger partial charge in [0.15, 0.2) is 9.84 Å². The van der Waals surface area contributed by atoms with Crippen molar-refractivity contribution in [1.82, 2.24) is 9.78 Å². The van der Waals surface area contributed by atoms with Crippen LogP contribution >= 0.6 is 0 Å². The molecule has 1 heterocycles. The molecule has 2 aromatic rings. The van der Waals surface area contributed by atoms with E-state index < -0.39 is 31.7 Å². The van der Waals surface area contributed by atoms with Crippen LogP contribution in [0.5, 0.6) is 0 Å². The normalized spacial score (nSPS) is 23.3. The number of rotatable bonds is 5. The standard InChI is InChI=1S/C20H23F3N2O3S/c1-25-12-14(11-24-25)13-5-8-19(18(9-13)20(21,22)23)29(26,27)17-7-6-16(10-17)28-15-3-2-4-15/h5,8-9,11-12,15-17H,2-4,6-7,10H2,1H3/t16-,17-/m0/s1. The fourth-order valence-corrected chi connectivity index (χ4v) is 6.03. The Bertz CT molecular complexity index is 997. The summed E-state index contributed by atoms with van der Waals surface area (Å²) in [6.07, 6.45) is 2.43. The number of alkyl halides is 3. The van der Waals surface area contributed by atoms with Gasteiger partial charge in [0.1, 0.15) is 0 Å². The molecule has 0 aliphatic heterocycles. The average Bonchev–Trinajstić information content (AvgIpc) is 3.26. The average molecular weight is 428 g/mol. The molecule has 1 aromatic heterocycles. The number of aryl methyl sites for hydroxylation is 1. The molecule has 2 fully saturated rings. The third-order valence-electron chi connectivity index (χ3n) is 5.84. The maximum atomic E-state index is 13.8. The largest absolute Gasteiger partial charge is 0.417 e. The fourth-order valence-electron chi connectivity index (χ4n) is 4.01. The summed E-state index contributed by atoms with van der Waals surface area (Å²) in [7, 11) is -2.46. The molecule has 29 heavy (non-hydrogen) atoms. The van der Waals surface area contributed by atoms with Crippen LogP contribution in [0, 0.1) is 0 Å². The quantitative estimate of drug-likeness (QED) is 0.710. The summed E-state index contributed by atoms with van der Waals surface area (Å²) in [6.45, 7) is 0. The summed E-state index contributed by atoms with van der Waals surface area (Å²) in [5, 5.41) is 3.12. The van der Waals surface area contributed by atoms with Crippen molar-refractivity contribution in [2.24, 2.45) is 7.05 Å². The SMILES string of the molecule is Cn1cc(-c2ccc(S(=O)(=O)[C@H]3CC[C@H](OC4CCC4)C3)c(C(F)(F)F)c2)cn1. The molecule has 2 saturated carbocycles. The zero-order valence-electron chi connectivity index (χ0n) is 16.0. The lowest BCUT2D eigenvalue weighted by Gasteiger charge is -2.29. The predicted octanol–water partition coefficient (Wildman–Crippen LogP) is 4.37. The molecule has 0 amide bonds. The van der Waals surface area contributed by atoms with Gasteiger partial charge in [-0.1, -0.05) is 6.07 Å². The lowest BCUT2D eigenvalue weighted by Crippen LogP contribution is -2.28. The molecule has 2 aliphatic carbocycles. The van der Waals surface area contributed by atoms with E-state index in [0.717, 1.165) is 31.4 Å². The van der Waals surface area contributed by atoms with E-state index >= 15 is 0 Å². The fraction of sp³-hybridized carbons (Fsp3) is 0.550. The van der Waals surface area contributed by atoms with Crippen LogP contribution in [0.25, 0.3) is 11.1 Å². The van der Waals surface area contributed by atoms with Gasteiger partial charge in [0, 0.05) is 18.8 Å². The number of hydrogen-bond donors (Lipinski definition) is 0. The number of benzene rings is 1. The van der Waals surface area contributed by atoms with Crippen molar-refractivity contribution in [3.63, 3.8) is 0 Å². The van der Waals surface area contributed by atoms with E-state index in [1.54, 1.807) is 13.2 Å². The van der Waals surface area contributed by atoms with Crippen LogP contribution in [0.3, 0.4) is 0 Å². The molecule has 158 valence electrons. The van der Waals surface area contributed by atoms with Crippen molar-refractivity contribution in [3.8, 4) is 11.1 Å². The third kappa shape index (κ3) is 4.07. The van der Waals surface area contributed by atoms with Gasteiger partial charge in [0.25, 0.3) is 0 Å². The predicted molar refractivity (Wildman–Crippen MR) is 101 cm³/mol. The van der Waals surface area contributed by atoms with Gasteiger partial charge in [-0.25, -0.2) is 8.42 Å². The number of hydrogen-bond acceptors (Lipinski definition) is 4. The highest BCUT2D eigenvalue weighted by Crippen LogP contribution is 2.41. The van der Waals surface area contributed by atoms with E-state index in [4.69, 9.17) is 4.74 Å². The van der Waals surface area contributed by atoms with Gasteiger partial charge in [-0.05, 0) is 56.2 Å². The second-order valence-electron chi connectivity index (χ2n) is 7.90. The van der Waals surface area contributed by atoms with Crippen LogP contribution in [0.1, 0.15) is 44.1 Å². The lowest BCUT2D eigenvalue weighted by molar-refractivity contribution is -0.139. The Balaban J connectivity index is 1.64. The Morgan fingerprint density at radius 1 is 1.10 bits per heavy atom.